The van der Waals surface area contributed by atoms with Crippen molar-refractivity contribution in [3.05, 3.63) is 17.0 Å². The van der Waals surface area contributed by atoms with E-state index in [2.05, 4.69) is 22.4 Å². The molecule has 88 valence electrons. The lowest BCUT2D eigenvalue weighted by atomic mass is 10.1. The van der Waals surface area contributed by atoms with E-state index in [0.717, 1.165) is 23.9 Å². The van der Waals surface area contributed by atoms with Gasteiger partial charge in [0.2, 0.25) is 0 Å². The molecule has 0 saturated heterocycles. The number of hydrogen-bond donors (Lipinski definition) is 2. The molecule has 1 saturated carbocycles. The maximum absolute atomic E-state index is 11.9. The van der Waals surface area contributed by atoms with Crippen molar-refractivity contribution in [2.45, 2.75) is 33.6 Å². The Kier molecular flexibility index (Phi) is 2.99. The number of aromatic amines is 1. The highest BCUT2D eigenvalue weighted by Gasteiger charge is 2.28. The monoisotopic (exact) mass is 221 g/mol. The first-order valence-electron chi connectivity index (χ1n) is 5.89. The van der Waals surface area contributed by atoms with Crippen LogP contribution in [0.2, 0.25) is 0 Å². The smallest absolute Gasteiger partial charge is 0.255 e. The third-order valence-corrected chi connectivity index (χ3v) is 3.37. The lowest BCUT2D eigenvalue weighted by Gasteiger charge is -2.11. The highest BCUT2D eigenvalue weighted by Crippen LogP contribution is 2.36. The molecule has 0 spiro atoms. The molecule has 4 heteroatoms. The van der Waals surface area contributed by atoms with Crippen molar-refractivity contribution in [1.82, 2.24) is 15.5 Å². The van der Waals surface area contributed by atoms with E-state index in [0.29, 0.717) is 11.5 Å². The van der Waals surface area contributed by atoms with E-state index in [1.165, 1.54) is 12.8 Å². The van der Waals surface area contributed by atoms with Crippen LogP contribution in [0.1, 0.15) is 41.5 Å². The predicted molar refractivity (Wildman–Crippen MR) is 62.3 cm³/mol. The van der Waals surface area contributed by atoms with E-state index in [1.807, 2.05) is 13.8 Å². The van der Waals surface area contributed by atoms with Crippen LogP contribution in [0.25, 0.3) is 0 Å². The fourth-order valence-electron chi connectivity index (χ4n) is 2.06. The van der Waals surface area contributed by atoms with Crippen LogP contribution in [0.3, 0.4) is 0 Å². The molecule has 16 heavy (non-hydrogen) atoms. The summed E-state index contributed by atoms with van der Waals surface area (Å²) in [5.74, 6) is 1.42. The van der Waals surface area contributed by atoms with Gasteiger partial charge in [-0.2, -0.15) is 5.10 Å². The van der Waals surface area contributed by atoms with Crippen LogP contribution in [0.15, 0.2) is 0 Å². The first-order valence-corrected chi connectivity index (χ1v) is 5.89. The van der Waals surface area contributed by atoms with Crippen molar-refractivity contribution in [3.8, 4) is 0 Å². The van der Waals surface area contributed by atoms with Gasteiger partial charge in [-0.3, -0.25) is 9.89 Å². The van der Waals surface area contributed by atoms with E-state index >= 15 is 0 Å². The third kappa shape index (κ3) is 2.26. The molecule has 0 radical (unpaired) electrons. The van der Waals surface area contributed by atoms with Crippen molar-refractivity contribution >= 4 is 5.91 Å². The zero-order chi connectivity index (χ0) is 11.7. The number of carbonyl (C=O) groups is 1. The Labute approximate surface area is 95.8 Å². The van der Waals surface area contributed by atoms with Gasteiger partial charge in [-0.15, -0.1) is 0 Å². The number of amides is 1. The summed E-state index contributed by atoms with van der Waals surface area (Å²) in [5, 5.41) is 9.84. The number of nitrogens with zero attached hydrogens (tertiary/aromatic N) is 1. The number of nitrogens with one attached hydrogen (secondary N) is 2. The van der Waals surface area contributed by atoms with Gasteiger partial charge in [-0.05, 0) is 38.5 Å². The molecular formula is C12H19N3O. The highest BCUT2D eigenvalue weighted by molar-refractivity contribution is 5.96. The van der Waals surface area contributed by atoms with Gasteiger partial charge < -0.3 is 5.32 Å². The van der Waals surface area contributed by atoms with Gasteiger partial charge in [0.15, 0.2) is 0 Å². The van der Waals surface area contributed by atoms with E-state index in [9.17, 15) is 4.79 Å². The summed E-state index contributed by atoms with van der Waals surface area (Å²) in [6.45, 7) is 6.70. The maximum atomic E-state index is 11.9. The van der Waals surface area contributed by atoms with E-state index in [1.54, 1.807) is 0 Å². The molecule has 2 N–H and O–H groups in total. The number of rotatable bonds is 4. The minimum atomic E-state index is -0.00347. The minimum absolute atomic E-state index is 0.00347. The molecule has 0 aromatic carbocycles. The molecule has 0 aliphatic heterocycles. The van der Waals surface area contributed by atoms with Gasteiger partial charge >= 0.3 is 0 Å². The Bertz CT molecular complexity index is 373. The molecule has 4 nitrogen and oxygen atoms in total. The zero-order valence-electron chi connectivity index (χ0n) is 10.1. The van der Waals surface area contributed by atoms with Gasteiger partial charge in [0, 0.05) is 12.2 Å². The van der Waals surface area contributed by atoms with Gasteiger partial charge in [-0.1, -0.05) is 6.92 Å². The Morgan fingerprint density at radius 2 is 2.25 bits per heavy atom. The molecule has 1 aliphatic rings. The van der Waals surface area contributed by atoms with Crippen LogP contribution < -0.4 is 5.32 Å². The second kappa shape index (κ2) is 4.28. The van der Waals surface area contributed by atoms with Crippen molar-refractivity contribution in [1.29, 1.82) is 0 Å². The van der Waals surface area contributed by atoms with Crippen molar-refractivity contribution in [2.24, 2.45) is 11.8 Å². The first kappa shape index (κ1) is 11.2. The van der Waals surface area contributed by atoms with E-state index < -0.39 is 0 Å². The highest BCUT2D eigenvalue weighted by atomic mass is 16.1. The Hall–Kier alpha value is -1.32. The fourth-order valence-corrected chi connectivity index (χ4v) is 2.06. The normalized spacial score (nSPS) is 17.2. The number of H-pyrrole nitrogens is 1. The number of carbonyl (C=O) groups excluding carboxylic acids is 1. The van der Waals surface area contributed by atoms with Crippen LogP contribution in [-0.2, 0) is 0 Å². The van der Waals surface area contributed by atoms with Gasteiger partial charge in [0.05, 0.1) is 11.3 Å². The lowest BCUT2D eigenvalue weighted by Crippen LogP contribution is -2.29. The molecule has 0 bridgehead atoms. The zero-order valence-corrected chi connectivity index (χ0v) is 10.1. The number of aromatic nitrogens is 2. The van der Waals surface area contributed by atoms with E-state index in [4.69, 9.17) is 0 Å². The second-order valence-electron chi connectivity index (χ2n) is 4.83. The molecule has 2 rings (SSSR count). The van der Waals surface area contributed by atoms with Gasteiger partial charge in [-0.25, -0.2) is 0 Å². The van der Waals surface area contributed by atoms with Crippen LogP contribution in [0.5, 0.6) is 0 Å². The molecule has 1 aromatic heterocycles. The third-order valence-electron chi connectivity index (χ3n) is 3.37. The summed E-state index contributed by atoms with van der Waals surface area (Å²) in [6, 6.07) is 0. The summed E-state index contributed by atoms with van der Waals surface area (Å²) in [7, 11) is 0. The molecule has 1 atom stereocenters. The SMILES string of the molecule is Cc1n[nH]c(C)c1C(=O)NCC(C)C1CC1. The molecule has 1 amide bonds. The summed E-state index contributed by atoms with van der Waals surface area (Å²) in [4.78, 5) is 11.9. The lowest BCUT2D eigenvalue weighted by molar-refractivity contribution is 0.0945. The summed E-state index contributed by atoms with van der Waals surface area (Å²) in [5.41, 5.74) is 2.31. The van der Waals surface area contributed by atoms with Crippen LogP contribution in [-0.4, -0.2) is 22.6 Å². The number of hydrogen-bond acceptors (Lipinski definition) is 2. The topological polar surface area (TPSA) is 57.8 Å². The number of aryl methyl sites for hydroxylation is 2. The first-order chi connectivity index (χ1) is 7.59. The van der Waals surface area contributed by atoms with Gasteiger partial charge in [0.1, 0.15) is 0 Å². The van der Waals surface area contributed by atoms with Crippen LogP contribution in [0.4, 0.5) is 0 Å². The van der Waals surface area contributed by atoms with Crippen molar-refractivity contribution < 1.29 is 4.79 Å². The quantitative estimate of drug-likeness (QED) is 0.814. The Balaban J connectivity index is 1.92. The molecule has 1 heterocycles. The average Bonchev–Trinajstić information content (AvgIpc) is 3.02. The summed E-state index contributed by atoms with van der Waals surface area (Å²) in [6.07, 6.45) is 2.64. The Morgan fingerprint density at radius 3 is 2.75 bits per heavy atom. The maximum Gasteiger partial charge on any atom is 0.255 e. The average molecular weight is 221 g/mol. The summed E-state index contributed by atoms with van der Waals surface area (Å²) >= 11 is 0. The predicted octanol–water partition coefficient (Wildman–Crippen LogP) is 1.80. The standard InChI is InChI=1S/C12H19N3O/c1-7(10-4-5-10)6-13-12(16)11-8(2)14-15-9(11)3/h7,10H,4-6H2,1-3H3,(H,13,16)(H,14,15). The molecule has 1 aromatic rings. The molecule has 1 fully saturated rings. The van der Waals surface area contributed by atoms with Crippen molar-refractivity contribution in [2.75, 3.05) is 6.54 Å². The molecule has 1 unspecified atom stereocenters. The fraction of sp³-hybridized carbons (Fsp3) is 0.667. The summed E-state index contributed by atoms with van der Waals surface area (Å²) < 4.78 is 0. The van der Waals surface area contributed by atoms with Crippen molar-refractivity contribution in [3.63, 3.8) is 0 Å². The second-order valence-corrected chi connectivity index (χ2v) is 4.83. The van der Waals surface area contributed by atoms with Crippen LogP contribution in [0, 0.1) is 25.7 Å². The Morgan fingerprint density at radius 1 is 1.56 bits per heavy atom. The minimum Gasteiger partial charge on any atom is -0.352 e. The molecule has 1 aliphatic carbocycles. The van der Waals surface area contributed by atoms with Gasteiger partial charge in [0.25, 0.3) is 5.91 Å². The molecular weight excluding hydrogens is 202 g/mol. The van der Waals surface area contributed by atoms with Crippen LogP contribution >= 0.6 is 0 Å². The largest absolute Gasteiger partial charge is 0.352 e. The van der Waals surface area contributed by atoms with E-state index in [-0.39, 0.29) is 5.91 Å².